The summed E-state index contributed by atoms with van der Waals surface area (Å²) in [5.41, 5.74) is 7.00. The van der Waals surface area contributed by atoms with Crippen LogP contribution in [0.3, 0.4) is 0 Å². The third-order valence-corrected chi connectivity index (χ3v) is 8.92. The molecule has 0 radical (unpaired) electrons. The van der Waals surface area contributed by atoms with Gasteiger partial charge in [-0.05, 0) is 80.6 Å². The number of hydrogen-bond acceptors (Lipinski definition) is 6. The van der Waals surface area contributed by atoms with Crippen LogP contribution in [0.4, 0.5) is 17.3 Å². The number of fused-ring (bicyclic) bond motifs is 4. The summed E-state index contributed by atoms with van der Waals surface area (Å²) in [5.74, 6) is 0.549. The number of amides is 1. The van der Waals surface area contributed by atoms with Crippen LogP contribution in [0.2, 0.25) is 0 Å². The second kappa shape index (κ2) is 9.69. The number of likely N-dealkylation sites (N-methyl/N-ethyl adjacent to an activating group) is 1. The first-order valence-electron chi connectivity index (χ1n) is 14.6. The van der Waals surface area contributed by atoms with Gasteiger partial charge < -0.3 is 10.2 Å². The van der Waals surface area contributed by atoms with Crippen molar-refractivity contribution in [2.45, 2.75) is 58.0 Å². The van der Waals surface area contributed by atoms with Gasteiger partial charge >= 0.3 is 0 Å². The SMILES string of the molecule is C/C=C\Cn1c(=O)c2cnc(Nc3ccc4c(c3)C3(CC3)N(C)CC4)nc2n1-c1ccc2c(c1)N(CCC)C(=O)C2. The summed E-state index contributed by atoms with van der Waals surface area (Å²) in [4.78, 5) is 40.0. The summed E-state index contributed by atoms with van der Waals surface area (Å²) in [6, 6.07) is 12.5. The molecule has 2 aromatic carbocycles. The maximum absolute atomic E-state index is 13.6. The summed E-state index contributed by atoms with van der Waals surface area (Å²) < 4.78 is 3.54. The van der Waals surface area contributed by atoms with Gasteiger partial charge in [0.1, 0.15) is 5.39 Å². The Morgan fingerprint density at radius 2 is 1.93 bits per heavy atom. The first-order valence-corrected chi connectivity index (χ1v) is 14.6. The minimum atomic E-state index is -0.154. The molecule has 9 nitrogen and oxygen atoms in total. The third kappa shape index (κ3) is 4.10. The monoisotopic (exact) mass is 549 g/mol. The Bertz CT molecular complexity index is 1780. The molecule has 3 aliphatic rings. The average Bonchev–Trinajstić information content (AvgIpc) is 3.65. The van der Waals surface area contributed by atoms with E-state index in [-0.39, 0.29) is 17.0 Å². The fraction of sp³-hybridized carbons (Fsp3) is 0.375. The molecule has 1 spiro atoms. The van der Waals surface area contributed by atoms with E-state index in [2.05, 4.69) is 47.4 Å². The number of nitrogens with one attached hydrogen (secondary N) is 1. The van der Waals surface area contributed by atoms with Crippen molar-refractivity contribution in [1.29, 1.82) is 0 Å². The van der Waals surface area contributed by atoms with Crippen LogP contribution in [0.25, 0.3) is 16.7 Å². The molecular weight excluding hydrogens is 514 g/mol. The zero-order valence-electron chi connectivity index (χ0n) is 23.9. The first-order chi connectivity index (χ1) is 19.9. The Hall–Kier alpha value is -4.24. The van der Waals surface area contributed by atoms with E-state index in [4.69, 9.17) is 4.98 Å². The lowest BCUT2D eigenvalue weighted by Crippen LogP contribution is -2.38. The number of allylic oxidation sites excluding steroid dienone is 2. The lowest BCUT2D eigenvalue weighted by atomic mass is 9.90. The third-order valence-electron chi connectivity index (χ3n) is 8.92. The van der Waals surface area contributed by atoms with E-state index in [1.165, 1.54) is 24.0 Å². The van der Waals surface area contributed by atoms with Crippen molar-refractivity contribution in [3.8, 4) is 5.69 Å². The number of carbonyl (C=O) groups excluding carboxylic acids is 1. The minimum Gasteiger partial charge on any atom is -0.324 e. The van der Waals surface area contributed by atoms with Crippen molar-refractivity contribution in [2.24, 2.45) is 0 Å². The predicted molar refractivity (Wildman–Crippen MR) is 161 cm³/mol. The van der Waals surface area contributed by atoms with Crippen molar-refractivity contribution in [3.63, 3.8) is 0 Å². The van der Waals surface area contributed by atoms with E-state index < -0.39 is 0 Å². The molecule has 210 valence electrons. The van der Waals surface area contributed by atoms with Crippen molar-refractivity contribution in [2.75, 3.05) is 30.4 Å². The fourth-order valence-corrected chi connectivity index (χ4v) is 6.58. The smallest absolute Gasteiger partial charge is 0.278 e. The number of benzene rings is 2. The summed E-state index contributed by atoms with van der Waals surface area (Å²) in [7, 11) is 2.22. The van der Waals surface area contributed by atoms with E-state index in [9.17, 15) is 9.59 Å². The summed E-state index contributed by atoms with van der Waals surface area (Å²) in [5, 5.41) is 3.87. The van der Waals surface area contributed by atoms with Crippen LogP contribution in [-0.4, -0.2) is 50.3 Å². The minimum absolute atomic E-state index is 0.112. The number of nitrogens with zero attached hydrogens (tertiary/aromatic N) is 6. The van der Waals surface area contributed by atoms with Gasteiger partial charge in [0.2, 0.25) is 11.9 Å². The number of carbonyl (C=O) groups is 1. The Kier molecular flexibility index (Phi) is 6.08. The molecule has 0 unspecified atom stereocenters. The lowest BCUT2D eigenvalue weighted by Gasteiger charge is -2.35. The number of rotatable bonds is 7. The number of anilines is 3. The molecular formula is C32H35N7O2. The highest BCUT2D eigenvalue weighted by atomic mass is 16.2. The topological polar surface area (TPSA) is 88.3 Å². The Morgan fingerprint density at radius 1 is 1.10 bits per heavy atom. The summed E-state index contributed by atoms with van der Waals surface area (Å²) >= 11 is 0. The molecule has 7 rings (SSSR count). The summed E-state index contributed by atoms with van der Waals surface area (Å²) in [6.45, 7) is 6.16. The van der Waals surface area contributed by atoms with Gasteiger partial charge in [-0.3, -0.25) is 14.5 Å². The molecule has 1 fully saturated rings. The first kappa shape index (κ1) is 25.7. The largest absolute Gasteiger partial charge is 0.324 e. The van der Waals surface area contributed by atoms with E-state index in [1.54, 1.807) is 10.9 Å². The van der Waals surface area contributed by atoms with Gasteiger partial charge in [-0.25, -0.2) is 14.3 Å². The number of hydrogen-bond donors (Lipinski definition) is 1. The molecule has 2 aromatic heterocycles. The Balaban J connectivity index is 1.32. The maximum atomic E-state index is 13.6. The van der Waals surface area contributed by atoms with Gasteiger partial charge in [-0.15, -0.1) is 0 Å². The zero-order valence-corrected chi connectivity index (χ0v) is 23.9. The quantitative estimate of drug-likeness (QED) is 0.337. The van der Waals surface area contributed by atoms with Crippen molar-refractivity contribution < 1.29 is 4.79 Å². The standard InChI is InChI=1S/C32H35N7O2/c1-4-6-15-38-30(41)25-20-33-31(34-23-9-7-21-11-16-36(3)32(12-13-32)26(21)18-23)35-29(25)39(38)24-10-8-22-17-28(40)37(14-5-2)27(22)19-24/h4,6-10,18-20H,5,11-17H2,1-3H3,(H,33,34,35)/b6-4-. The molecule has 1 aliphatic carbocycles. The Morgan fingerprint density at radius 3 is 2.71 bits per heavy atom. The highest BCUT2D eigenvalue weighted by molar-refractivity contribution is 6.01. The van der Waals surface area contributed by atoms with Crippen LogP contribution in [-0.2, 0) is 29.7 Å². The Labute approximate surface area is 239 Å². The average molecular weight is 550 g/mol. The molecule has 2 aliphatic heterocycles. The van der Waals surface area contributed by atoms with Crippen molar-refractivity contribution in [1.82, 2.24) is 24.2 Å². The normalized spacial score (nSPS) is 17.5. The second-order valence-electron chi connectivity index (χ2n) is 11.4. The van der Waals surface area contributed by atoms with E-state index in [0.717, 1.165) is 42.0 Å². The van der Waals surface area contributed by atoms with E-state index in [1.807, 2.05) is 46.9 Å². The van der Waals surface area contributed by atoms with Gasteiger partial charge in [0.15, 0.2) is 5.65 Å². The van der Waals surface area contributed by atoms with Crippen LogP contribution in [0.5, 0.6) is 0 Å². The molecule has 4 aromatic rings. The van der Waals surface area contributed by atoms with Crippen LogP contribution in [0.15, 0.2) is 59.5 Å². The summed E-state index contributed by atoms with van der Waals surface area (Å²) in [6.07, 6.45) is 10.2. The van der Waals surface area contributed by atoms with Gasteiger partial charge in [0.05, 0.1) is 18.7 Å². The lowest BCUT2D eigenvalue weighted by molar-refractivity contribution is -0.117. The van der Waals surface area contributed by atoms with Crippen molar-refractivity contribution >= 4 is 34.3 Å². The highest BCUT2D eigenvalue weighted by Crippen LogP contribution is 2.53. The molecule has 1 saturated carbocycles. The van der Waals surface area contributed by atoms with Gasteiger partial charge in [-0.1, -0.05) is 31.2 Å². The van der Waals surface area contributed by atoms with Crippen LogP contribution in [0, 0.1) is 0 Å². The zero-order chi connectivity index (χ0) is 28.3. The molecule has 1 amide bonds. The predicted octanol–water partition coefficient (Wildman–Crippen LogP) is 4.68. The molecule has 41 heavy (non-hydrogen) atoms. The fourth-order valence-electron chi connectivity index (χ4n) is 6.58. The van der Waals surface area contributed by atoms with Crippen molar-refractivity contribution in [3.05, 3.63) is 81.8 Å². The second-order valence-corrected chi connectivity index (χ2v) is 11.4. The molecule has 1 N–H and O–H groups in total. The van der Waals surface area contributed by atoms with Crippen LogP contribution < -0.4 is 15.8 Å². The van der Waals surface area contributed by atoms with Gasteiger partial charge in [0, 0.05) is 36.2 Å². The molecule has 0 atom stereocenters. The molecule has 4 heterocycles. The van der Waals surface area contributed by atoms with Crippen LogP contribution in [0.1, 0.15) is 49.8 Å². The molecule has 0 bridgehead atoms. The molecule has 0 saturated heterocycles. The maximum Gasteiger partial charge on any atom is 0.278 e. The van der Waals surface area contributed by atoms with E-state index in [0.29, 0.717) is 36.5 Å². The molecule has 9 heteroatoms. The van der Waals surface area contributed by atoms with Gasteiger partial charge in [0.25, 0.3) is 5.56 Å². The van der Waals surface area contributed by atoms with Crippen LogP contribution >= 0.6 is 0 Å². The van der Waals surface area contributed by atoms with Gasteiger partial charge in [-0.2, -0.15) is 4.98 Å². The highest BCUT2D eigenvalue weighted by Gasteiger charge is 2.50. The van der Waals surface area contributed by atoms with E-state index >= 15 is 0 Å². The number of aromatic nitrogens is 4.